The van der Waals surface area contributed by atoms with Gasteiger partial charge in [-0.15, -0.1) is 0 Å². The second-order valence-corrected chi connectivity index (χ2v) is 6.21. The first-order valence-electron chi connectivity index (χ1n) is 8.38. The highest BCUT2D eigenvalue weighted by Crippen LogP contribution is 2.46. The Morgan fingerprint density at radius 1 is 1.08 bits per heavy atom. The first kappa shape index (κ1) is 18.0. The summed E-state index contributed by atoms with van der Waals surface area (Å²) in [7, 11) is 0. The maximum absolute atomic E-state index is 12.5. The highest BCUT2D eigenvalue weighted by molar-refractivity contribution is 6.10. The van der Waals surface area contributed by atoms with Crippen LogP contribution >= 0.6 is 0 Å². The molecule has 130 valence electrons. The van der Waals surface area contributed by atoms with Gasteiger partial charge in [0.2, 0.25) is 5.91 Å². The van der Waals surface area contributed by atoms with Gasteiger partial charge in [0.05, 0.1) is 0 Å². The lowest BCUT2D eigenvalue weighted by Gasteiger charge is -2.21. The summed E-state index contributed by atoms with van der Waals surface area (Å²) in [5.41, 5.74) is -0.205. The molecule has 2 amide bonds. The van der Waals surface area contributed by atoms with E-state index in [9.17, 15) is 14.4 Å². The molecule has 6 heteroatoms. The van der Waals surface area contributed by atoms with Gasteiger partial charge in [-0.05, 0) is 49.9 Å². The number of amides is 2. The summed E-state index contributed by atoms with van der Waals surface area (Å²) in [6.07, 6.45) is 2.54. The zero-order valence-corrected chi connectivity index (χ0v) is 14.2. The van der Waals surface area contributed by atoms with E-state index in [2.05, 4.69) is 5.32 Å². The van der Waals surface area contributed by atoms with Crippen LogP contribution in [0.1, 0.15) is 49.9 Å². The molecule has 2 N–H and O–H groups in total. The summed E-state index contributed by atoms with van der Waals surface area (Å²) in [4.78, 5) is 37.5. The third kappa shape index (κ3) is 3.75. The Labute approximate surface area is 141 Å². The largest absolute Gasteiger partial charge is 0.480 e. The lowest BCUT2D eigenvalue weighted by atomic mass is 10.1. The Morgan fingerprint density at radius 3 is 2.04 bits per heavy atom. The molecule has 1 fully saturated rings. The highest BCUT2D eigenvalue weighted by atomic mass is 16.4. The Hall–Kier alpha value is -2.37. The molecule has 1 aliphatic rings. The number of carboxylic acids is 1. The van der Waals surface area contributed by atoms with Crippen LogP contribution in [0.25, 0.3) is 0 Å². The summed E-state index contributed by atoms with van der Waals surface area (Å²) in [5.74, 6) is -1.60. The van der Waals surface area contributed by atoms with E-state index in [1.165, 1.54) is 0 Å². The predicted molar refractivity (Wildman–Crippen MR) is 90.9 cm³/mol. The van der Waals surface area contributed by atoms with Crippen LogP contribution in [0.4, 0.5) is 5.69 Å². The van der Waals surface area contributed by atoms with Crippen molar-refractivity contribution in [2.45, 2.75) is 39.5 Å². The molecule has 0 unspecified atom stereocenters. The van der Waals surface area contributed by atoms with Crippen molar-refractivity contribution < 1.29 is 19.5 Å². The molecule has 1 saturated carbocycles. The molecule has 0 bridgehead atoms. The molecule has 0 radical (unpaired) electrons. The van der Waals surface area contributed by atoms with Gasteiger partial charge in [0.1, 0.15) is 5.41 Å². The average Bonchev–Trinajstić information content (AvgIpc) is 3.37. The van der Waals surface area contributed by atoms with E-state index in [0.29, 0.717) is 37.2 Å². The van der Waals surface area contributed by atoms with Crippen molar-refractivity contribution in [3.05, 3.63) is 29.8 Å². The monoisotopic (exact) mass is 332 g/mol. The van der Waals surface area contributed by atoms with Gasteiger partial charge in [0.15, 0.2) is 0 Å². The zero-order valence-electron chi connectivity index (χ0n) is 14.2. The molecule has 6 nitrogen and oxygen atoms in total. The molecule has 0 atom stereocenters. The number of hydrogen-bond acceptors (Lipinski definition) is 3. The standard InChI is InChI=1S/C18H24N2O4/c1-3-11-20(12-4-2)15(21)13-5-7-14(8-6-13)19-16(22)18(9-10-18)17(23)24/h5-8H,3-4,9-12H2,1-2H3,(H,19,22)(H,23,24). The van der Waals surface area contributed by atoms with Crippen molar-refractivity contribution in [3.63, 3.8) is 0 Å². The fraction of sp³-hybridized carbons (Fsp3) is 0.500. The third-order valence-electron chi connectivity index (χ3n) is 4.26. The molecule has 0 saturated heterocycles. The van der Waals surface area contributed by atoms with E-state index in [0.717, 1.165) is 12.8 Å². The minimum atomic E-state index is -1.27. The molecule has 0 heterocycles. The number of hydrogen-bond donors (Lipinski definition) is 2. The van der Waals surface area contributed by atoms with Crippen molar-refractivity contribution in [2.75, 3.05) is 18.4 Å². The number of carbonyl (C=O) groups excluding carboxylic acids is 2. The zero-order chi connectivity index (χ0) is 17.7. The minimum absolute atomic E-state index is 0.0271. The van der Waals surface area contributed by atoms with Crippen LogP contribution in [-0.4, -0.2) is 40.9 Å². The van der Waals surface area contributed by atoms with E-state index in [1.807, 2.05) is 18.7 Å². The van der Waals surface area contributed by atoms with Gasteiger partial charge in [0, 0.05) is 24.3 Å². The highest BCUT2D eigenvalue weighted by Gasteiger charge is 2.57. The van der Waals surface area contributed by atoms with Crippen molar-refractivity contribution in [1.29, 1.82) is 0 Å². The van der Waals surface area contributed by atoms with Crippen LogP contribution in [0.3, 0.4) is 0 Å². The Kier molecular flexibility index (Phi) is 5.59. The van der Waals surface area contributed by atoms with Gasteiger partial charge in [0.25, 0.3) is 5.91 Å². The predicted octanol–water partition coefficient (Wildman–Crippen LogP) is 2.75. The lowest BCUT2D eigenvalue weighted by Crippen LogP contribution is -2.32. The maximum atomic E-state index is 12.5. The molecule has 0 spiro atoms. The van der Waals surface area contributed by atoms with Crippen LogP contribution in [0.5, 0.6) is 0 Å². The number of rotatable bonds is 8. The fourth-order valence-electron chi connectivity index (χ4n) is 2.65. The van der Waals surface area contributed by atoms with Crippen LogP contribution in [0, 0.1) is 5.41 Å². The van der Waals surface area contributed by atoms with Gasteiger partial charge in [-0.25, -0.2) is 0 Å². The first-order valence-corrected chi connectivity index (χ1v) is 8.38. The quantitative estimate of drug-likeness (QED) is 0.717. The number of anilines is 1. The SMILES string of the molecule is CCCN(CCC)C(=O)c1ccc(NC(=O)C2(C(=O)O)CC2)cc1. The first-order chi connectivity index (χ1) is 11.4. The van der Waals surface area contributed by atoms with E-state index < -0.39 is 17.3 Å². The van der Waals surface area contributed by atoms with Crippen LogP contribution in [0.15, 0.2) is 24.3 Å². The van der Waals surface area contributed by atoms with Crippen molar-refractivity contribution in [1.82, 2.24) is 4.90 Å². The summed E-state index contributed by atoms with van der Waals surface area (Å²) < 4.78 is 0. The van der Waals surface area contributed by atoms with Crippen LogP contribution in [-0.2, 0) is 9.59 Å². The lowest BCUT2D eigenvalue weighted by molar-refractivity contribution is -0.147. The fourth-order valence-corrected chi connectivity index (χ4v) is 2.65. The summed E-state index contributed by atoms with van der Waals surface area (Å²) in [6.45, 7) is 5.49. The number of aliphatic carboxylic acids is 1. The summed E-state index contributed by atoms with van der Waals surface area (Å²) in [5, 5.41) is 11.7. The summed E-state index contributed by atoms with van der Waals surface area (Å²) >= 11 is 0. The van der Waals surface area contributed by atoms with Crippen molar-refractivity contribution in [3.8, 4) is 0 Å². The van der Waals surface area contributed by atoms with Crippen LogP contribution in [0.2, 0.25) is 0 Å². The van der Waals surface area contributed by atoms with Gasteiger partial charge in [-0.2, -0.15) is 0 Å². The molecule has 1 aromatic carbocycles. The van der Waals surface area contributed by atoms with E-state index in [1.54, 1.807) is 24.3 Å². The molecule has 0 aliphatic heterocycles. The molecule has 1 aromatic rings. The Balaban J connectivity index is 2.03. The second kappa shape index (κ2) is 7.47. The smallest absolute Gasteiger partial charge is 0.319 e. The second-order valence-electron chi connectivity index (χ2n) is 6.21. The van der Waals surface area contributed by atoms with Gasteiger partial charge < -0.3 is 15.3 Å². The number of carbonyl (C=O) groups is 3. The normalized spacial score (nSPS) is 14.8. The number of nitrogens with zero attached hydrogens (tertiary/aromatic N) is 1. The number of carboxylic acid groups (broad SMARTS) is 1. The molecular weight excluding hydrogens is 308 g/mol. The average molecular weight is 332 g/mol. The maximum Gasteiger partial charge on any atom is 0.319 e. The van der Waals surface area contributed by atoms with E-state index in [-0.39, 0.29) is 5.91 Å². The van der Waals surface area contributed by atoms with Crippen molar-refractivity contribution in [2.24, 2.45) is 5.41 Å². The topological polar surface area (TPSA) is 86.7 Å². The Morgan fingerprint density at radius 2 is 1.62 bits per heavy atom. The van der Waals surface area contributed by atoms with Gasteiger partial charge in [-0.1, -0.05) is 13.8 Å². The van der Waals surface area contributed by atoms with E-state index >= 15 is 0 Å². The van der Waals surface area contributed by atoms with Crippen LogP contribution < -0.4 is 5.32 Å². The molecule has 2 rings (SSSR count). The van der Waals surface area contributed by atoms with E-state index in [4.69, 9.17) is 5.11 Å². The molecular formula is C18H24N2O4. The number of nitrogens with one attached hydrogen (secondary N) is 1. The minimum Gasteiger partial charge on any atom is -0.480 e. The van der Waals surface area contributed by atoms with Crippen molar-refractivity contribution >= 4 is 23.5 Å². The Bertz CT molecular complexity index is 614. The molecule has 0 aromatic heterocycles. The van der Waals surface area contributed by atoms with Gasteiger partial charge in [-0.3, -0.25) is 14.4 Å². The van der Waals surface area contributed by atoms with Gasteiger partial charge >= 0.3 is 5.97 Å². The third-order valence-corrected chi connectivity index (χ3v) is 4.26. The number of benzene rings is 1. The molecule has 1 aliphatic carbocycles. The molecule has 24 heavy (non-hydrogen) atoms. The summed E-state index contributed by atoms with van der Waals surface area (Å²) in [6, 6.07) is 6.60.